The van der Waals surface area contributed by atoms with Crippen molar-refractivity contribution in [1.29, 1.82) is 0 Å². The van der Waals surface area contributed by atoms with Crippen LogP contribution >= 0.6 is 0 Å². The number of piperazine rings is 1. The highest BCUT2D eigenvalue weighted by molar-refractivity contribution is 6.00. The van der Waals surface area contributed by atoms with Crippen LogP contribution in [0.1, 0.15) is 38.9 Å². The number of fused-ring (bicyclic) bond motifs is 1. The Balaban J connectivity index is 1.39. The highest BCUT2D eigenvalue weighted by Crippen LogP contribution is 2.38. The van der Waals surface area contributed by atoms with E-state index in [0.29, 0.717) is 16.7 Å². The van der Waals surface area contributed by atoms with Gasteiger partial charge >= 0.3 is 0 Å². The molecule has 1 fully saturated rings. The van der Waals surface area contributed by atoms with E-state index in [2.05, 4.69) is 27.9 Å². The van der Waals surface area contributed by atoms with E-state index in [1.807, 2.05) is 18.3 Å². The fraction of sp³-hybridized carbons (Fsp3) is 0.357. The number of aryl methyl sites for hydroxylation is 1. The van der Waals surface area contributed by atoms with Crippen LogP contribution in [0.4, 0.5) is 13.2 Å². The summed E-state index contributed by atoms with van der Waals surface area (Å²) in [4.78, 5) is 23.2. The Labute approximate surface area is 214 Å². The summed E-state index contributed by atoms with van der Waals surface area (Å²) in [5, 5.41) is 0. The maximum Gasteiger partial charge on any atom is 0.257 e. The Morgan fingerprint density at radius 3 is 2.51 bits per heavy atom. The molecular formula is C28H29F3N4O2. The molecule has 1 unspecified atom stereocenters. The van der Waals surface area contributed by atoms with Crippen molar-refractivity contribution >= 4 is 5.91 Å². The molecule has 37 heavy (non-hydrogen) atoms. The van der Waals surface area contributed by atoms with Gasteiger partial charge in [0, 0.05) is 68.4 Å². The number of benzene rings is 2. The summed E-state index contributed by atoms with van der Waals surface area (Å²) in [5.74, 6) is -3.52. The van der Waals surface area contributed by atoms with Crippen LogP contribution < -0.4 is 4.74 Å². The number of ether oxygens (including phenoxy) is 1. The number of methoxy groups -OCH3 is 1. The van der Waals surface area contributed by atoms with Gasteiger partial charge in [-0.1, -0.05) is 6.07 Å². The van der Waals surface area contributed by atoms with Crippen molar-refractivity contribution in [3.63, 3.8) is 0 Å². The van der Waals surface area contributed by atoms with Crippen LogP contribution in [-0.4, -0.2) is 65.9 Å². The van der Waals surface area contributed by atoms with E-state index in [4.69, 9.17) is 4.74 Å². The molecule has 0 saturated carbocycles. The zero-order valence-corrected chi connectivity index (χ0v) is 21.1. The van der Waals surface area contributed by atoms with E-state index in [-0.39, 0.29) is 12.3 Å². The van der Waals surface area contributed by atoms with Gasteiger partial charge in [-0.05, 0) is 60.5 Å². The van der Waals surface area contributed by atoms with Gasteiger partial charge in [0.25, 0.3) is 5.91 Å². The molecule has 0 aliphatic carbocycles. The van der Waals surface area contributed by atoms with Crippen molar-refractivity contribution in [2.24, 2.45) is 0 Å². The third kappa shape index (κ3) is 4.81. The first-order valence-electron chi connectivity index (χ1n) is 12.2. The number of likely N-dealkylation sites (N-methyl/N-ethyl adjacent to an activating group) is 1. The number of pyridine rings is 1. The Kier molecular flexibility index (Phi) is 6.92. The summed E-state index contributed by atoms with van der Waals surface area (Å²) in [7, 11) is 3.32. The molecule has 0 N–H and O–H groups in total. The van der Waals surface area contributed by atoms with Crippen molar-refractivity contribution in [2.75, 3.05) is 40.3 Å². The molecule has 3 aromatic rings. The third-order valence-electron chi connectivity index (χ3n) is 7.19. The molecule has 3 heterocycles. The number of carbonyl (C=O) groups is 1. The number of halogens is 3. The van der Waals surface area contributed by atoms with Crippen molar-refractivity contribution in [3.8, 4) is 16.9 Å². The molecule has 0 bridgehead atoms. The second-order valence-electron chi connectivity index (χ2n) is 9.74. The number of rotatable bonds is 6. The van der Waals surface area contributed by atoms with E-state index in [1.165, 1.54) is 7.11 Å². The number of alkyl halides is 1. The molecule has 1 saturated heterocycles. The predicted octanol–water partition coefficient (Wildman–Crippen LogP) is 4.72. The molecule has 5 rings (SSSR count). The quantitative estimate of drug-likeness (QED) is 0.450. The van der Waals surface area contributed by atoms with E-state index >= 15 is 4.39 Å². The number of nitrogens with zero attached hydrogens (tertiary/aromatic N) is 4. The summed E-state index contributed by atoms with van der Waals surface area (Å²) < 4.78 is 48.9. The first-order valence-corrected chi connectivity index (χ1v) is 12.2. The van der Waals surface area contributed by atoms with Crippen LogP contribution in [0.25, 0.3) is 11.1 Å². The van der Waals surface area contributed by atoms with Gasteiger partial charge in [-0.25, -0.2) is 8.78 Å². The number of aromatic nitrogens is 1. The largest absolute Gasteiger partial charge is 0.494 e. The average molecular weight is 511 g/mol. The monoisotopic (exact) mass is 510 g/mol. The lowest BCUT2D eigenvalue weighted by Crippen LogP contribution is -2.43. The van der Waals surface area contributed by atoms with Crippen LogP contribution in [0, 0.1) is 18.6 Å². The van der Waals surface area contributed by atoms with E-state index in [9.17, 15) is 13.6 Å². The van der Waals surface area contributed by atoms with Gasteiger partial charge in [0.1, 0.15) is 0 Å². The molecule has 9 heteroatoms. The van der Waals surface area contributed by atoms with Gasteiger partial charge in [-0.3, -0.25) is 14.7 Å². The van der Waals surface area contributed by atoms with Crippen LogP contribution in [0.5, 0.6) is 5.75 Å². The van der Waals surface area contributed by atoms with Crippen molar-refractivity contribution in [3.05, 3.63) is 82.2 Å². The third-order valence-corrected chi connectivity index (χ3v) is 7.19. The normalized spacial score (nSPS) is 17.2. The lowest BCUT2D eigenvalue weighted by molar-refractivity contribution is 0.0469. The van der Waals surface area contributed by atoms with Gasteiger partial charge in [0.2, 0.25) is 12.1 Å². The summed E-state index contributed by atoms with van der Waals surface area (Å²) in [5.41, 5.74) is 4.05. The van der Waals surface area contributed by atoms with Gasteiger partial charge in [0.15, 0.2) is 11.6 Å². The second kappa shape index (κ2) is 10.1. The minimum absolute atomic E-state index is 0.0501. The molecule has 2 aliphatic heterocycles. The first-order chi connectivity index (χ1) is 17.8. The molecule has 1 aromatic heterocycles. The molecule has 2 aromatic carbocycles. The SMILES string of the molecule is COc1ccc(C(F)N2Cc3cc(-c4cncc(CN5CCN(C)CC5)c4)cc(C)c3C2=O)c(F)c1F. The number of hydrogen-bond acceptors (Lipinski definition) is 5. The molecule has 194 valence electrons. The van der Waals surface area contributed by atoms with Crippen LogP contribution in [0.2, 0.25) is 0 Å². The zero-order valence-electron chi connectivity index (χ0n) is 21.1. The smallest absolute Gasteiger partial charge is 0.257 e. The Bertz CT molecular complexity index is 1340. The lowest BCUT2D eigenvalue weighted by Gasteiger charge is -2.32. The fourth-order valence-corrected chi connectivity index (χ4v) is 5.09. The first kappa shape index (κ1) is 25.2. The fourth-order valence-electron chi connectivity index (χ4n) is 5.09. The van der Waals surface area contributed by atoms with Crippen molar-refractivity contribution in [2.45, 2.75) is 26.3 Å². The molecule has 1 amide bonds. The zero-order chi connectivity index (χ0) is 26.3. The molecule has 0 spiro atoms. The molecule has 1 atom stereocenters. The number of amides is 1. The van der Waals surface area contributed by atoms with E-state index in [1.54, 1.807) is 13.1 Å². The summed E-state index contributed by atoms with van der Waals surface area (Å²) >= 11 is 0. The molecular weight excluding hydrogens is 481 g/mol. The van der Waals surface area contributed by atoms with Gasteiger partial charge in [-0.15, -0.1) is 0 Å². The Hall–Kier alpha value is -3.43. The van der Waals surface area contributed by atoms with E-state index in [0.717, 1.165) is 66.4 Å². The minimum Gasteiger partial charge on any atom is -0.494 e. The van der Waals surface area contributed by atoms with E-state index < -0.39 is 29.4 Å². The van der Waals surface area contributed by atoms with Crippen molar-refractivity contribution < 1.29 is 22.7 Å². The average Bonchev–Trinajstić information content (AvgIpc) is 3.23. The molecule has 2 aliphatic rings. The van der Waals surface area contributed by atoms with Gasteiger partial charge in [-0.2, -0.15) is 4.39 Å². The highest BCUT2D eigenvalue weighted by atomic mass is 19.2. The number of hydrogen-bond donors (Lipinski definition) is 0. The van der Waals surface area contributed by atoms with Gasteiger partial charge in [0.05, 0.1) is 7.11 Å². The highest BCUT2D eigenvalue weighted by Gasteiger charge is 2.37. The number of carbonyl (C=O) groups excluding carboxylic acids is 1. The van der Waals surface area contributed by atoms with Gasteiger partial charge < -0.3 is 14.5 Å². The minimum atomic E-state index is -2.14. The van der Waals surface area contributed by atoms with Crippen LogP contribution in [-0.2, 0) is 13.1 Å². The predicted molar refractivity (Wildman–Crippen MR) is 134 cm³/mol. The maximum absolute atomic E-state index is 15.4. The molecule has 6 nitrogen and oxygen atoms in total. The van der Waals surface area contributed by atoms with Crippen molar-refractivity contribution in [1.82, 2.24) is 19.7 Å². The maximum atomic E-state index is 15.4. The summed E-state index contributed by atoms with van der Waals surface area (Å²) in [6.07, 6.45) is 1.50. The standard InChI is InChI=1S/C28H29F3N4O2/c1-17-10-19(20-11-18(13-32-14-20)15-34-8-6-33(2)7-9-34)12-21-16-35(28(36)24(17)21)27(31)22-4-5-23(37-3)26(30)25(22)29/h4-5,10-14,27H,6-9,15-16H2,1-3H3. The lowest BCUT2D eigenvalue weighted by atomic mass is 9.96. The Morgan fingerprint density at radius 2 is 1.78 bits per heavy atom. The summed E-state index contributed by atoms with van der Waals surface area (Å²) in [6, 6.07) is 8.09. The molecule has 0 radical (unpaired) electrons. The topological polar surface area (TPSA) is 48.9 Å². The van der Waals surface area contributed by atoms with Crippen LogP contribution in [0.3, 0.4) is 0 Å². The Morgan fingerprint density at radius 1 is 1.03 bits per heavy atom. The second-order valence-corrected chi connectivity index (χ2v) is 9.74. The summed E-state index contributed by atoms with van der Waals surface area (Å²) in [6.45, 7) is 6.62. The van der Waals surface area contributed by atoms with Crippen LogP contribution in [0.15, 0.2) is 42.7 Å².